The number of rotatable bonds is 12. The van der Waals surface area contributed by atoms with E-state index in [-0.39, 0.29) is 12.6 Å². The van der Waals surface area contributed by atoms with Crippen LogP contribution in [0.25, 0.3) is 0 Å². The molecule has 0 radical (unpaired) electrons. The molecule has 5 heteroatoms. The van der Waals surface area contributed by atoms with E-state index in [9.17, 15) is 9.90 Å². The van der Waals surface area contributed by atoms with Crippen molar-refractivity contribution in [3.63, 3.8) is 0 Å². The third-order valence-electron chi connectivity index (χ3n) is 4.89. The Morgan fingerprint density at radius 1 is 1.17 bits per heavy atom. The number of aliphatic hydroxyl groups is 1. The molecule has 0 aliphatic carbocycles. The molecular weight excluding hydrogens is 364 g/mol. The third-order valence-corrected chi connectivity index (χ3v) is 4.89. The number of aromatic nitrogens is 1. The van der Waals surface area contributed by atoms with Crippen molar-refractivity contribution in [2.75, 3.05) is 19.7 Å². The lowest BCUT2D eigenvalue weighted by Crippen LogP contribution is -2.37. The second-order valence-corrected chi connectivity index (χ2v) is 8.23. The van der Waals surface area contributed by atoms with Crippen LogP contribution in [0.5, 0.6) is 0 Å². The number of hydrogen-bond donors (Lipinski definition) is 1. The summed E-state index contributed by atoms with van der Waals surface area (Å²) in [6.07, 6.45) is 2.58. The van der Waals surface area contributed by atoms with Crippen LogP contribution in [0, 0.1) is 12.8 Å². The molecule has 1 heterocycles. The van der Waals surface area contributed by atoms with Gasteiger partial charge in [0.25, 0.3) is 0 Å². The number of aliphatic hydroxyl groups excluding tert-OH is 1. The predicted octanol–water partition coefficient (Wildman–Crippen LogP) is 4.01. The molecule has 1 aromatic heterocycles. The van der Waals surface area contributed by atoms with E-state index in [1.54, 1.807) is 0 Å². The number of nitrogens with zero attached hydrogens (tertiary/aromatic N) is 2. The Hall–Kier alpha value is -2.11. The minimum Gasteiger partial charge on any atom is -0.463 e. The highest BCUT2D eigenvalue weighted by molar-refractivity contribution is 5.69. The van der Waals surface area contributed by atoms with E-state index in [2.05, 4.69) is 72.8 Å². The fraction of sp³-hybridized carbons (Fsp3) is 0.542. The zero-order valence-corrected chi connectivity index (χ0v) is 18.3. The smallest absolute Gasteiger partial charge is 0.305 e. The summed E-state index contributed by atoms with van der Waals surface area (Å²) in [6.45, 7) is 11.4. The number of hydrogen-bond acceptors (Lipinski definition) is 4. The molecule has 2 aromatic rings. The summed E-state index contributed by atoms with van der Waals surface area (Å²) in [5.41, 5.74) is 3.81. The van der Waals surface area contributed by atoms with Gasteiger partial charge in [-0.05, 0) is 42.5 Å². The van der Waals surface area contributed by atoms with E-state index >= 15 is 0 Å². The zero-order valence-electron chi connectivity index (χ0n) is 18.3. The van der Waals surface area contributed by atoms with Crippen LogP contribution in [0.4, 0.5) is 0 Å². The molecule has 0 saturated carbocycles. The Balaban J connectivity index is 2.00. The molecule has 0 spiro atoms. The Bertz CT molecular complexity index is 754. The molecule has 160 valence electrons. The summed E-state index contributed by atoms with van der Waals surface area (Å²) < 4.78 is 7.45. The summed E-state index contributed by atoms with van der Waals surface area (Å²) in [6, 6.07) is 12.7. The normalized spacial score (nSPS) is 12.5. The van der Waals surface area contributed by atoms with Gasteiger partial charge in [0.1, 0.15) is 12.7 Å². The predicted molar refractivity (Wildman–Crippen MR) is 117 cm³/mol. The van der Waals surface area contributed by atoms with Crippen LogP contribution in [0.1, 0.15) is 50.4 Å². The van der Waals surface area contributed by atoms with E-state index in [1.165, 1.54) is 16.8 Å². The van der Waals surface area contributed by atoms with Crippen molar-refractivity contribution in [2.45, 2.75) is 59.7 Å². The van der Waals surface area contributed by atoms with Gasteiger partial charge in [0.2, 0.25) is 0 Å². The molecule has 0 amide bonds. The third kappa shape index (κ3) is 8.03. The Morgan fingerprint density at radius 3 is 2.62 bits per heavy atom. The topological polar surface area (TPSA) is 54.7 Å². The van der Waals surface area contributed by atoms with E-state index in [1.807, 2.05) is 6.92 Å². The highest BCUT2D eigenvalue weighted by atomic mass is 16.5. The number of aryl methyl sites for hydroxylation is 1. The molecule has 0 unspecified atom stereocenters. The second-order valence-electron chi connectivity index (χ2n) is 8.23. The van der Waals surface area contributed by atoms with Gasteiger partial charge in [-0.2, -0.15) is 0 Å². The van der Waals surface area contributed by atoms with Crippen LogP contribution in [0.3, 0.4) is 0 Å². The van der Waals surface area contributed by atoms with Gasteiger partial charge in [-0.25, -0.2) is 0 Å². The first-order valence-corrected chi connectivity index (χ1v) is 10.6. The van der Waals surface area contributed by atoms with Gasteiger partial charge in [0, 0.05) is 44.5 Å². The summed E-state index contributed by atoms with van der Waals surface area (Å²) in [5, 5.41) is 10.4. The highest BCUT2D eigenvalue weighted by Gasteiger charge is 2.17. The van der Waals surface area contributed by atoms with Crippen molar-refractivity contribution in [1.82, 2.24) is 9.47 Å². The van der Waals surface area contributed by atoms with E-state index in [0.29, 0.717) is 18.9 Å². The van der Waals surface area contributed by atoms with Crippen LogP contribution in [-0.4, -0.2) is 46.3 Å². The van der Waals surface area contributed by atoms with Crippen LogP contribution >= 0.6 is 0 Å². The number of carbonyl (C=O) groups is 1. The van der Waals surface area contributed by atoms with Gasteiger partial charge >= 0.3 is 5.97 Å². The lowest BCUT2D eigenvalue weighted by molar-refractivity contribution is -0.147. The summed E-state index contributed by atoms with van der Waals surface area (Å²) >= 11 is 0. The molecule has 0 fully saturated rings. The number of esters is 1. The lowest BCUT2D eigenvalue weighted by Gasteiger charge is -2.27. The quantitative estimate of drug-likeness (QED) is 0.547. The maximum atomic E-state index is 11.6. The van der Waals surface area contributed by atoms with Crippen LogP contribution < -0.4 is 0 Å². The minimum absolute atomic E-state index is 0.0532. The van der Waals surface area contributed by atoms with E-state index in [0.717, 1.165) is 26.1 Å². The van der Waals surface area contributed by atoms with Crippen molar-refractivity contribution in [2.24, 2.45) is 5.92 Å². The Labute approximate surface area is 175 Å². The maximum Gasteiger partial charge on any atom is 0.305 e. The molecule has 29 heavy (non-hydrogen) atoms. The summed E-state index contributed by atoms with van der Waals surface area (Å²) in [7, 11) is 0. The fourth-order valence-electron chi connectivity index (χ4n) is 3.48. The first-order valence-electron chi connectivity index (χ1n) is 10.6. The molecule has 0 bridgehead atoms. The Morgan fingerprint density at radius 2 is 1.93 bits per heavy atom. The SMILES string of the molecule is CCCC(=O)OC[C@@H](O)CN(Cc1cccn1Cc1ccccc1C)CC(C)C. The summed E-state index contributed by atoms with van der Waals surface area (Å²) in [4.78, 5) is 13.8. The van der Waals surface area contributed by atoms with Crippen molar-refractivity contribution >= 4 is 5.97 Å². The molecule has 1 N–H and O–H groups in total. The van der Waals surface area contributed by atoms with Crippen molar-refractivity contribution < 1.29 is 14.6 Å². The molecule has 2 rings (SSSR count). The number of benzene rings is 1. The fourth-order valence-corrected chi connectivity index (χ4v) is 3.48. The number of ether oxygens (including phenoxy) is 1. The molecule has 1 aromatic carbocycles. The van der Waals surface area contributed by atoms with Gasteiger partial charge in [0.05, 0.1) is 0 Å². The standard InChI is InChI=1S/C24H36N2O3/c1-5-9-24(28)29-18-23(27)17-25(14-19(2)3)16-22-12-8-13-26(22)15-21-11-7-6-10-20(21)4/h6-8,10-13,19,23,27H,5,9,14-18H2,1-4H3/t23-/m0/s1. The van der Waals surface area contributed by atoms with E-state index in [4.69, 9.17) is 4.74 Å². The van der Waals surface area contributed by atoms with Crippen molar-refractivity contribution in [3.8, 4) is 0 Å². The van der Waals surface area contributed by atoms with Crippen LogP contribution in [-0.2, 0) is 22.6 Å². The molecule has 1 atom stereocenters. The largest absolute Gasteiger partial charge is 0.463 e. The lowest BCUT2D eigenvalue weighted by atomic mass is 10.1. The second kappa shape index (κ2) is 11.8. The van der Waals surface area contributed by atoms with Crippen LogP contribution in [0.15, 0.2) is 42.6 Å². The molecule has 0 aliphatic rings. The van der Waals surface area contributed by atoms with Gasteiger partial charge in [-0.15, -0.1) is 0 Å². The molecule has 0 saturated heterocycles. The van der Waals surface area contributed by atoms with Gasteiger partial charge < -0.3 is 14.4 Å². The van der Waals surface area contributed by atoms with Crippen LogP contribution in [0.2, 0.25) is 0 Å². The maximum absolute atomic E-state index is 11.6. The minimum atomic E-state index is -0.686. The number of carbonyl (C=O) groups excluding carboxylic acids is 1. The Kier molecular flexibility index (Phi) is 9.42. The average molecular weight is 401 g/mol. The van der Waals surface area contributed by atoms with E-state index < -0.39 is 6.10 Å². The first kappa shape index (κ1) is 23.2. The molecule has 5 nitrogen and oxygen atoms in total. The highest BCUT2D eigenvalue weighted by Crippen LogP contribution is 2.15. The first-order chi connectivity index (χ1) is 13.9. The monoisotopic (exact) mass is 400 g/mol. The zero-order chi connectivity index (χ0) is 21.2. The van der Waals surface area contributed by atoms with Gasteiger partial charge in [-0.1, -0.05) is 45.0 Å². The van der Waals surface area contributed by atoms with Gasteiger partial charge in [0.15, 0.2) is 0 Å². The average Bonchev–Trinajstić information content (AvgIpc) is 3.08. The molecular formula is C24H36N2O3. The van der Waals surface area contributed by atoms with Gasteiger partial charge in [-0.3, -0.25) is 9.69 Å². The van der Waals surface area contributed by atoms with Crippen molar-refractivity contribution in [3.05, 3.63) is 59.4 Å². The summed E-state index contributed by atoms with van der Waals surface area (Å²) in [5.74, 6) is 0.235. The molecule has 0 aliphatic heterocycles. The van der Waals surface area contributed by atoms with Crippen molar-refractivity contribution in [1.29, 1.82) is 0 Å².